The van der Waals surface area contributed by atoms with Crippen molar-refractivity contribution in [2.45, 2.75) is 63.6 Å². The average Bonchev–Trinajstić information content (AvgIpc) is 3.24. The van der Waals surface area contributed by atoms with Gasteiger partial charge in [-0.2, -0.15) is 13.2 Å². The fraction of sp³-hybridized carbons (Fsp3) is 0.326. The molecule has 23 heteroatoms. The highest BCUT2D eigenvalue weighted by atomic mass is 35.5. The molecular weight excluding hydrogens is 942 g/mol. The van der Waals surface area contributed by atoms with E-state index < -0.39 is 83.2 Å². The molecule has 1 saturated carbocycles. The van der Waals surface area contributed by atoms with Gasteiger partial charge in [0, 0.05) is 44.4 Å². The van der Waals surface area contributed by atoms with Crippen molar-refractivity contribution in [2.75, 3.05) is 30.8 Å². The molecule has 1 amide bonds. The molecule has 1 aliphatic carbocycles. The number of Topliss-reactive ketones (excluding diaryl/α,β-unsaturated/α-hetero) is 3. The van der Waals surface area contributed by atoms with Crippen molar-refractivity contribution >= 4 is 79.3 Å². The molecule has 0 heterocycles. The van der Waals surface area contributed by atoms with E-state index in [-0.39, 0.29) is 52.1 Å². The number of carboxylic acids is 1. The minimum atomic E-state index is -4.58. The van der Waals surface area contributed by atoms with Crippen molar-refractivity contribution in [3.63, 3.8) is 0 Å². The van der Waals surface area contributed by atoms with Gasteiger partial charge in [-0.1, -0.05) is 36.7 Å². The van der Waals surface area contributed by atoms with Gasteiger partial charge in [-0.05, 0) is 74.2 Å². The van der Waals surface area contributed by atoms with E-state index in [9.17, 15) is 65.8 Å². The van der Waals surface area contributed by atoms with Crippen LogP contribution in [0.25, 0.3) is 0 Å². The fourth-order valence-corrected chi connectivity index (χ4v) is 7.56. The smallest absolute Gasteiger partial charge is 0.416 e. The minimum Gasteiger partial charge on any atom is -0.477 e. The Bertz CT molecular complexity index is 2630. The number of carboxylic acid groups (broad SMARTS) is 1. The quantitative estimate of drug-likeness (QED) is 0.0407. The number of nitro groups is 2. The SMILES string of the molecule is CCc1cccc(C)c1N(C(=O)CCl)C(C)COC.CS(=O)(=O)c1ccc(C(=O)C2C(=O)CCCC2=O)c([N+](=O)[O-])c1.O=C(O)c1cc(Oc2ccc(C(F)(F)F)cc2Cl)ccc1[N+](=O)[O-]. The molecule has 17 nitrogen and oxygen atoms in total. The number of nitrogens with zero attached hydrogens (tertiary/aromatic N) is 3. The van der Waals surface area contributed by atoms with Crippen molar-refractivity contribution in [1.29, 1.82) is 0 Å². The molecule has 1 unspecified atom stereocenters. The molecule has 1 aliphatic rings. The van der Waals surface area contributed by atoms with Gasteiger partial charge >= 0.3 is 12.1 Å². The summed E-state index contributed by atoms with van der Waals surface area (Å²) >= 11 is 11.5. The van der Waals surface area contributed by atoms with E-state index in [2.05, 4.69) is 13.0 Å². The number of aromatic carboxylic acids is 1. The molecule has 354 valence electrons. The summed E-state index contributed by atoms with van der Waals surface area (Å²) in [4.78, 5) is 80.8. The van der Waals surface area contributed by atoms with E-state index in [4.69, 9.17) is 37.8 Å². The Kier molecular flexibility index (Phi) is 19.0. The maximum Gasteiger partial charge on any atom is 0.416 e. The Labute approximate surface area is 385 Å². The van der Waals surface area contributed by atoms with Crippen LogP contribution in [0.1, 0.15) is 70.5 Å². The van der Waals surface area contributed by atoms with Crippen molar-refractivity contribution in [2.24, 2.45) is 5.92 Å². The third-order valence-electron chi connectivity index (χ3n) is 9.67. The lowest BCUT2D eigenvalue weighted by Gasteiger charge is -2.31. The first-order chi connectivity index (χ1) is 30.8. The maximum atomic E-state index is 12.6. The molecule has 0 radical (unpaired) electrons. The molecule has 0 bridgehead atoms. The Hall–Kier alpha value is -6.29. The first kappa shape index (κ1) is 54.0. The molecule has 5 rings (SSSR count). The van der Waals surface area contributed by atoms with Gasteiger partial charge in [0.25, 0.3) is 11.4 Å². The number of carbonyl (C=O) groups is 5. The maximum absolute atomic E-state index is 12.6. The van der Waals surface area contributed by atoms with Gasteiger partial charge in [-0.25, -0.2) is 13.2 Å². The summed E-state index contributed by atoms with van der Waals surface area (Å²) in [6.45, 7) is 6.56. The number of hydrogen-bond donors (Lipinski definition) is 1. The van der Waals surface area contributed by atoms with Crippen LogP contribution in [-0.2, 0) is 41.6 Å². The molecule has 1 atom stereocenters. The fourth-order valence-electron chi connectivity index (χ4n) is 6.57. The predicted octanol–water partition coefficient (Wildman–Crippen LogP) is 9.04. The van der Waals surface area contributed by atoms with Crippen molar-refractivity contribution in [1.82, 2.24) is 0 Å². The number of rotatable bonds is 14. The molecule has 0 spiro atoms. The number of hydrogen-bond acceptors (Lipinski definition) is 13. The second kappa shape index (κ2) is 23.2. The van der Waals surface area contributed by atoms with Gasteiger partial charge in [-0.3, -0.25) is 39.4 Å². The van der Waals surface area contributed by atoms with E-state index in [1.165, 1.54) is 0 Å². The number of para-hydroxylation sites is 1. The number of amides is 1. The lowest BCUT2D eigenvalue weighted by Crippen LogP contribution is -2.43. The molecule has 4 aromatic rings. The number of ether oxygens (including phenoxy) is 2. The second-order valence-corrected chi connectivity index (χ2v) is 17.1. The van der Waals surface area contributed by atoms with Crippen LogP contribution in [0.3, 0.4) is 0 Å². The van der Waals surface area contributed by atoms with Crippen LogP contribution >= 0.6 is 23.2 Å². The van der Waals surface area contributed by atoms with Crippen LogP contribution in [0, 0.1) is 33.1 Å². The number of nitro benzene ring substituents is 2. The lowest BCUT2D eigenvalue weighted by molar-refractivity contribution is -0.385. The van der Waals surface area contributed by atoms with E-state index >= 15 is 0 Å². The zero-order valence-corrected chi connectivity index (χ0v) is 38.0. The number of benzene rings is 4. The molecule has 1 N–H and O–H groups in total. The number of aryl methyl sites for hydroxylation is 2. The van der Waals surface area contributed by atoms with Crippen LogP contribution in [-0.4, -0.2) is 84.5 Å². The number of sulfone groups is 1. The molecule has 1 fully saturated rings. The summed E-state index contributed by atoms with van der Waals surface area (Å²) in [5, 5.41) is 30.5. The molecular formula is C43H42Cl2F3N3O14S. The van der Waals surface area contributed by atoms with Crippen molar-refractivity contribution in [3.05, 3.63) is 126 Å². The summed E-state index contributed by atoms with van der Waals surface area (Å²) < 4.78 is 71.0. The third-order valence-corrected chi connectivity index (χ3v) is 11.3. The van der Waals surface area contributed by atoms with Gasteiger partial charge in [-0.15, -0.1) is 11.6 Å². The highest BCUT2D eigenvalue weighted by molar-refractivity contribution is 7.90. The number of alkyl halides is 4. The monoisotopic (exact) mass is 983 g/mol. The zero-order chi connectivity index (χ0) is 49.8. The van der Waals surface area contributed by atoms with Crippen LogP contribution in [0.15, 0.2) is 77.7 Å². The van der Waals surface area contributed by atoms with Crippen LogP contribution in [0.2, 0.25) is 5.02 Å². The molecule has 66 heavy (non-hydrogen) atoms. The summed E-state index contributed by atoms with van der Waals surface area (Å²) in [6.07, 6.45) is -2.33. The Morgan fingerprint density at radius 2 is 1.56 bits per heavy atom. The highest BCUT2D eigenvalue weighted by Crippen LogP contribution is 2.37. The second-order valence-electron chi connectivity index (χ2n) is 14.4. The average molecular weight is 985 g/mol. The molecule has 0 aromatic heterocycles. The number of ketones is 3. The number of halogens is 5. The molecule has 0 aliphatic heterocycles. The summed E-state index contributed by atoms with van der Waals surface area (Å²) in [7, 11) is -2.06. The van der Waals surface area contributed by atoms with Crippen LogP contribution < -0.4 is 9.64 Å². The third kappa shape index (κ3) is 13.9. The highest BCUT2D eigenvalue weighted by Gasteiger charge is 2.39. The lowest BCUT2D eigenvalue weighted by atomic mass is 9.81. The molecule has 0 saturated heterocycles. The van der Waals surface area contributed by atoms with Crippen molar-refractivity contribution in [3.8, 4) is 11.5 Å². The van der Waals surface area contributed by atoms with Crippen LogP contribution in [0.5, 0.6) is 11.5 Å². The first-order valence-corrected chi connectivity index (χ1v) is 22.2. The zero-order valence-electron chi connectivity index (χ0n) is 35.7. The van der Waals surface area contributed by atoms with E-state index in [0.717, 1.165) is 78.0 Å². The van der Waals surface area contributed by atoms with E-state index in [0.29, 0.717) is 19.1 Å². The normalized spacial score (nSPS) is 13.3. The summed E-state index contributed by atoms with van der Waals surface area (Å²) in [5.41, 5.74) is -0.203. The number of carbonyl (C=O) groups excluding carboxylic acids is 4. The van der Waals surface area contributed by atoms with E-state index in [1.54, 1.807) is 12.0 Å². The Morgan fingerprint density at radius 1 is 0.939 bits per heavy atom. The van der Waals surface area contributed by atoms with Gasteiger partial charge in [0.2, 0.25) is 5.91 Å². The Morgan fingerprint density at radius 3 is 2.06 bits per heavy atom. The summed E-state index contributed by atoms with van der Waals surface area (Å²) in [5.74, 6) is -5.56. The van der Waals surface area contributed by atoms with E-state index in [1.807, 2.05) is 26.0 Å². The summed E-state index contributed by atoms with van der Waals surface area (Å²) in [6, 6.07) is 14.1. The van der Waals surface area contributed by atoms with Crippen LogP contribution in [0.4, 0.5) is 30.2 Å². The van der Waals surface area contributed by atoms with Crippen molar-refractivity contribution < 1.29 is 70.0 Å². The standard InChI is InChI=1S/C15H22ClNO2.C14H7ClF3NO5.C14H13NO7S/c1-5-13-8-6-7-11(2)15(13)17(14(18)9-16)12(3)10-19-4;15-10-5-7(14(16,17)18)1-4-12(10)24-8-2-3-11(19(22)23)9(6-8)13(20)21;1-23(21,22)8-5-6-9(10(7-8)15(19)20)14(18)13-11(16)3-2-4-12(13)17/h6-8,12H,5,9-10H2,1-4H3;1-6H,(H,20,21);5-7,13H,2-4H2,1H3. The first-order valence-electron chi connectivity index (χ1n) is 19.4. The Balaban J connectivity index is 0.000000265. The largest absolute Gasteiger partial charge is 0.477 e. The topological polar surface area (TPSA) is 248 Å². The molecule has 4 aromatic carbocycles. The van der Waals surface area contributed by atoms with Gasteiger partial charge in [0.15, 0.2) is 27.2 Å². The predicted molar refractivity (Wildman–Crippen MR) is 235 cm³/mol. The number of methoxy groups -OCH3 is 1. The van der Waals surface area contributed by atoms with Gasteiger partial charge in [0.05, 0.1) is 49.2 Å². The van der Waals surface area contributed by atoms with Gasteiger partial charge < -0.3 is 19.5 Å². The van der Waals surface area contributed by atoms with Gasteiger partial charge in [0.1, 0.15) is 28.9 Å². The minimum absolute atomic E-state index is 0.0223. The number of anilines is 1.